The maximum Gasteiger partial charge on any atom is 0.150 e. The number of ketones is 1. The van der Waals surface area contributed by atoms with E-state index in [1.54, 1.807) is 0 Å². The maximum atomic E-state index is 11.6. The van der Waals surface area contributed by atoms with Gasteiger partial charge in [0.05, 0.1) is 6.04 Å². The first kappa shape index (κ1) is 8.24. The molecule has 0 aromatic heterocycles. The smallest absolute Gasteiger partial charge is 0.150 e. The topological polar surface area (TPSA) is 20.3 Å². The minimum atomic E-state index is 0.288. The van der Waals surface area contributed by atoms with Gasteiger partial charge >= 0.3 is 0 Å². The van der Waals surface area contributed by atoms with E-state index < -0.39 is 0 Å². The molecule has 68 valence electrons. The van der Waals surface area contributed by atoms with Crippen molar-refractivity contribution in [3.8, 4) is 0 Å². The van der Waals surface area contributed by atoms with Gasteiger partial charge in [-0.25, -0.2) is 0 Å². The lowest BCUT2D eigenvalue weighted by atomic mass is 9.87. The Morgan fingerprint density at radius 1 is 1.42 bits per heavy atom. The largest absolute Gasteiger partial charge is 0.298 e. The van der Waals surface area contributed by atoms with E-state index in [4.69, 9.17) is 0 Å². The van der Waals surface area contributed by atoms with Crippen molar-refractivity contribution in [2.24, 2.45) is 5.92 Å². The van der Waals surface area contributed by atoms with Crippen LogP contribution in [0.4, 0.5) is 0 Å². The predicted molar refractivity (Wildman–Crippen MR) is 48.0 cm³/mol. The van der Waals surface area contributed by atoms with Crippen molar-refractivity contribution in [1.29, 1.82) is 0 Å². The average molecular weight is 167 g/mol. The fourth-order valence-electron chi connectivity index (χ4n) is 2.57. The minimum Gasteiger partial charge on any atom is -0.298 e. The summed E-state index contributed by atoms with van der Waals surface area (Å²) in [5.74, 6) is 1.05. The number of rotatable bonds is 0. The summed E-state index contributed by atoms with van der Waals surface area (Å²) in [7, 11) is 0. The molecule has 0 bridgehead atoms. The quantitative estimate of drug-likeness (QED) is 0.544. The third-order valence-corrected chi connectivity index (χ3v) is 3.54. The van der Waals surface area contributed by atoms with Gasteiger partial charge in [-0.15, -0.1) is 0 Å². The number of carbonyl (C=O) groups excluding carboxylic acids is 1. The third-order valence-electron chi connectivity index (χ3n) is 3.54. The molecule has 2 aliphatic heterocycles. The Kier molecular flexibility index (Phi) is 1.95. The van der Waals surface area contributed by atoms with Gasteiger partial charge in [-0.2, -0.15) is 0 Å². The minimum absolute atomic E-state index is 0.288. The fraction of sp³-hybridized carbons (Fsp3) is 0.900. The van der Waals surface area contributed by atoms with E-state index in [0.29, 0.717) is 17.7 Å². The Bertz CT molecular complexity index is 202. The molecule has 0 aromatic rings. The highest BCUT2D eigenvalue weighted by Gasteiger charge is 2.40. The zero-order chi connectivity index (χ0) is 8.72. The first-order valence-corrected chi connectivity index (χ1v) is 4.98. The van der Waals surface area contributed by atoms with Gasteiger partial charge in [0.1, 0.15) is 5.78 Å². The van der Waals surface area contributed by atoms with Crippen LogP contribution < -0.4 is 0 Å². The van der Waals surface area contributed by atoms with Crippen molar-refractivity contribution in [1.82, 2.24) is 4.90 Å². The molecule has 3 unspecified atom stereocenters. The van der Waals surface area contributed by atoms with Gasteiger partial charge in [-0.1, -0.05) is 6.92 Å². The number of hydrogen-bond donors (Lipinski definition) is 0. The number of carbonyl (C=O) groups is 1. The van der Waals surface area contributed by atoms with E-state index in [-0.39, 0.29) is 6.04 Å². The van der Waals surface area contributed by atoms with Crippen LogP contribution >= 0.6 is 0 Å². The molecule has 2 aliphatic rings. The zero-order valence-electron chi connectivity index (χ0n) is 7.92. The fourth-order valence-corrected chi connectivity index (χ4v) is 2.57. The molecule has 2 nitrogen and oxygen atoms in total. The van der Waals surface area contributed by atoms with E-state index in [0.717, 1.165) is 19.4 Å². The number of nitrogens with zero attached hydrogens (tertiary/aromatic N) is 1. The number of piperidine rings is 1. The number of Topliss-reactive ketones (excluding diaryl/α,β-unsaturated/α-hetero) is 1. The standard InChI is InChI=1S/C10H17NO/c1-7-6-10(12)9-4-3-5-11(9)8(7)2/h7-9H,3-6H2,1-2H3. The van der Waals surface area contributed by atoms with E-state index in [2.05, 4.69) is 18.7 Å². The van der Waals surface area contributed by atoms with Crippen LogP contribution in [0.1, 0.15) is 33.1 Å². The summed E-state index contributed by atoms with van der Waals surface area (Å²) in [5.41, 5.74) is 0. The third kappa shape index (κ3) is 1.09. The molecule has 12 heavy (non-hydrogen) atoms. The second kappa shape index (κ2) is 2.84. The van der Waals surface area contributed by atoms with Crippen molar-refractivity contribution < 1.29 is 4.79 Å². The molecule has 2 heteroatoms. The van der Waals surface area contributed by atoms with Gasteiger partial charge in [0.15, 0.2) is 0 Å². The molecule has 2 saturated heterocycles. The SMILES string of the molecule is CC1CC(=O)C2CCCN2C1C. The Labute approximate surface area is 73.9 Å². The molecule has 0 spiro atoms. The van der Waals surface area contributed by atoms with Gasteiger partial charge in [0.2, 0.25) is 0 Å². The predicted octanol–water partition coefficient (Wildman–Crippen LogP) is 1.45. The molecule has 0 amide bonds. The van der Waals surface area contributed by atoms with Crippen molar-refractivity contribution in [2.75, 3.05) is 6.54 Å². The second-order valence-corrected chi connectivity index (χ2v) is 4.28. The van der Waals surface area contributed by atoms with Crippen LogP contribution in [0.25, 0.3) is 0 Å². The Morgan fingerprint density at radius 3 is 2.92 bits per heavy atom. The Morgan fingerprint density at radius 2 is 2.17 bits per heavy atom. The molecule has 3 atom stereocenters. The lowest BCUT2D eigenvalue weighted by Crippen LogP contribution is -2.50. The van der Waals surface area contributed by atoms with Crippen molar-refractivity contribution >= 4 is 5.78 Å². The molecule has 2 fully saturated rings. The van der Waals surface area contributed by atoms with Crippen LogP contribution in [0.2, 0.25) is 0 Å². The summed E-state index contributed by atoms with van der Waals surface area (Å²) in [6, 6.07) is 0.909. The highest BCUT2D eigenvalue weighted by molar-refractivity contribution is 5.85. The zero-order valence-corrected chi connectivity index (χ0v) is 7.92. The van der Waals surface area contributed by atoms with Crippen molar-refractivity contribution in [3.05, 3.63) is 0 Å². The summed E-state index contributed by atoms with van der Waals surface area (Å²) >= 11 is 0. The number of fused-ring (bicyclic) bond motifs is 1. The summed E-state index contributed by atoms with van der Waals surface area (Å²) < 4.78 is 0. The van der Waals surface area contributed by atoms with Gasteiger partial charge < -0.3 is 0 Å². The van der Waals surface area contributed by atoms with Gasteiger partial charge in [0, 0.05) is 12.5 Å². The molecular weight excluding hydrogens is 150 g/mol. The molecule has 0 aliphatic carbocycles. The Balaban J connectivity index is 2.17. The lowest BCUT2D eigenvalue weighted by molar-refractivity contribution is -0.129. The summed E-state index contributed by atoms with van der Waals surface area (Å²) in [5, 5.41) is 0. The summed E-state index contributed by atoms with van der Waals surface area (Å²) in [6.45, 7) is 5.59. The molecular formula is C10H17NO. The first-order chi connectivity index (χ1) is 5.70. The second-order valence-electron chi connectivity index (χ2n) is 4.28. The van der Waals surface area contributed by atoms with E-state index >= 15 is 0 Å². The normalized spacial score (nSPS) is 43.2. The Hall–Kier alpha value is -0.370. The van der Waals surface area contributed by atoms with Crippen LogP contribution in [-0.4, -0.2) is 29.3 Å². The molecule has 0 aromatic carbocycles. The monoisotopic (exact) mass is 167 g/mol. The van der Waals surface area contributed by atoms with Crippen LogP contribution in [0, 0.1) is 5.92 Å². The molecule has 0 radical (unpaired) electrons. The van der Waals surface area contributed by atoms with Crippen molar-refractivity contribution in [3.63, 3.8) is 0 Å². The average Bonchev–Trinajstić information content (AvgIpc) is 2.48. The van der Waals surface area contributed by atoms with Crippen molar-refractivity contribution in [2.45, 2.75) is 45.2 Å². The van der Waals surface area contributed by atoms with Gasteiger partial charge in [0.25, 0.3) is 0 Å². The molecule has 0 saturated carbocycles. The molecule has 2 rings (SSSR count). The van der Waals surface area contributed by atoms with E-state index in [1.807, 2.05) is 0 Å². The van der Waals surface area contributed by atoms with E-state index in [1.165, 1.54) is 6.42 Å². The molecule has 2 heterocycles. The van der Waals surface area contributed by atoms with Crippen LogP contribution in [0.15, 0.2) is 0 Å². The first-order valence-electron chi connectivity index (χ1n) is 4.98. The van der Waals surface area contributed by atoms with Crippen LogP contribution in [0.3, 0.4) is 0 Å². The van der Waals surface area contributed by atoms with Crippen LogP contribution in [0.5, 0.6) is 0 Å². The highest BCUT2D eigenvalue weighted by Crippen LogP contribution is 2.31. The van der Waals surface area contributed by atoms with Crippen LogP contribution in [-0.2, 0) is 4.79 Å². The van der Waals surface area contributed by atoms with Gasteiger partial charge in [-0.05, 0) is 32.2 Å². The van der Waals surface area contributed by atoms with E-state index in [9.17, 15) is 4.79 Å². The highest BCUT2D eigenvalue weighted by atomic mass is 16.1. The summed E-state index contributed by atoms with van der Waals surface area (Å²) in [4.78, 5) is 14.0. The maximum absolute atomic E-state index is 11.6. The van der Waals surface area contributed by atoms with Gasteiger partial charge in [-0.3, -0.25) is 9.69 Å². The summed E-state index contributed by atoms with van der Waals surface area (Å²) in [6.07, 6.45) is 3.13. The lowest BCUT2D eigenvalue weighted by Gasteiger charge is -2.38. The number of hydrogen-bond acceptors (Lipinski definition) is 2. The molecule has 0 N–H and O–H groups in total.